The molecule has 4 atom stereocenters. The maximum Gasteiger partial charge on any atom is 0.330 e. The molecule has 7 nitrogen and oxygen atoms in total. The molecule has 0 aromatic rings. The van der Waals surface area contributed by atoms with Crippen LogP contribution in [0.3, 0.4) is 0 Å². The molecule has 2 rings (SSSR count). The number of ether oxygens (including phenoxy) is 5. The van der Waals surface area contributed by atoms with Crippen LogP contribution in [0.25, 0.3) is 0 Å². The second-order valence-corrected chi connectivity index (χ2v) is 7.81. The van der Waals surface area contributed by atoms with E-state index in [1.165, 1.54) is 6.08 Å². The van der Waals surface area contributed by atoms with Gasteiger partial charge in [-0.15, -0.1) is 0 Å². The van der Waals surface area contributed by atoms with E-state index in [1.807, 2.05) is 13.8 Å². The van der Waals surface area contributed by atoms with Gasteiger partial charge in [-0.3, -0.25) is 0 Å². The number of hydrogen-bond donors (Lipinski definition) is 1. The molecular weight excluding hydrogens is 328 g/mol. The molecule has 2 saturated heterocycles. The van der Waals surface area contributed by atoms with Crippen molar-refractivity contribution in [2.24, 2.45) is 5.92 Å². The van der Waals surface area contributed by atoms with Crippen molar-refractivity contribution in [2.75, 3.05) is 13.2 Å². The molecule has 0 amide bonds. The smallest absolute Gasteiger partial charge is 0.330 e. The molecule has 7 heteroatoms. The molecule has 0 aromatic heterocycles. The lowest BCUT2D eigenvalue weighted by molar-refractivity contribution is -0.178. The average Bonchev–Trinajstić information content (AvgIpc) is 3.01. The van der Waals surface area contributed by atoms with Crippen molar-refractivity contribution in [1.82, 2.24) is 0 Å². The zero-order valence-corrected chi connectivity index (χ0v) is 15.9. The predicted molar refractivity (Wildman–Crippen MR) is 89.7 cm³/mol. The molecule has 2 aliphatic heterocycles. The number of aliphatic hydroxyl groups excluding tert-OH is 1. The van der Waals surface area contributed by atoms with Crippen molar-refractivity contribution < 1.29 is 33.6 Å². The number of hydrogen-bond acceptors (Lipinski definition) is 7. The first-order valence-corrected chi connectivity index (χ1v) is 8.69. The fraction of sp³-hybridized carbons (Fsp3) is 0.833. The third-order valence-electron chi connectivity index (χ3n) is 3.89. The van der Waals surface area contributed by atoms with Gasteiger partial charge in [-0.05, 0) is 39.7 Å². The van der Waals surface area contributed by atoms with E-state index in [-0.39, 0.29) is 12.5 Å². The van der Waals surface area contributed by atoms with E-state index in [0.29, 0.717) is 6.61 Å². The molecule has 2 fully saturated rings. The van der Waals surface area contributed by atoms with Crippen LogP contribution < -0.4 is 0 Å². The highest BCUT2D eigenvalue weighted by Crippen LogP contribution is 2.34. The fourth-order valence-corrected chi connectivity index (χ4v) is 2.80. The van der Waals surface area contributed by atoms with E-state index in [4.69, 9.17) is 23.7 Å². The molecule has 0 unspecified atom stereocenters. The Hall–Kier alpha value is -0.990. The zero-order chi connectivity index (χ0) is 18.8. The minimum atomic E-state index is -0.954. The van der Waals surface area contributed by atoms with Crippen LogP contribution in [0.5, 0.6) is 0 Å². The maximum atomic E-state index is 11.8. The second-order valence-electron chi connectivity index (χ2n) is 7.81. The Morgan fingerprint density at radius 2 is 1.88 bits per heavy atom. The summed E-state index contributed by atoms with van der Waals surface area (Å²) in [6.07, 6.45) is 0.126. The Kier molecular flexibility index (Phi) is 6.27. The molecule has 2 heterocycles. The highest BCUT2D eigenvalue weighted by atomic mass is 16.8. The number of carbonyl (C=O) groups is 1. The number of esters is 1. The monoisotopic (exact) mass is 358 g/mol. The Morgan fingerprint density at radius 3 is 2.44 bits per heavy atom. The molecule has 2 aliphatic rings. The van der Waals surface area contributed by atoms with Gasteiger partial charge in [-0.1, -0.05) is 13.8 Å². The van der Waals surface area contributed by atoms with Crippen LogP contribution in [0.15, 0.2) is 12.2 Å². The van der Waals surface area contributed by atoms with Gasteiger partial charge in [-0.2, -0.15) is 0 Å². The van der Waals surface area contributed by atoms with Crippen molar-refractivity contribution in [3.8, 4) is 0 Å². The third-order valence-corrected chi connectivity index (χ3v) is 3.89. The quantitative estimate of drug-likeness (QED) is 0.572. The Balaban J connectivity index is 2.01. The normalized spacial score (nSPS) is 32.4. The van der Waals surface area contributed by atoms with Crippen LogP contribution in [-0.4, -0.2) is 60.3 Å². The van der Waals surface area contributed by atoms with E-state index < -0.39 is 42.0 Å². The van der Waals surface area contributed by atoms with E-state index >= 15 is 0 Å². The SMILES string of the molecule is CC(C)COC(=O)/C=C/[C@H]1OC(C)(C)O[C@H]1[C@H](O)[C@@H]1COC(C)(C)O1. The van der Waals surface area contributed by atoms with Gasteiger partial charge in [0.2, 0.25) is 0 Å². The molecule has 0 bridgehead atoms. The van der Waals surface area contributed by atoms with Crippen LogP contribution in [-0.2, 0) is 28.5 Å². The second kappa shape index (κ2) is 7.72. The Labute approximate surface area is 149 Å². The van der Waals surface area contributed by atoms with Gasteiger partial charge < -0.3 is 28.8 Å². The topological polar surface area (TPSA) is 83.5 Å². The predicted octanol–water partition coefficient (Wildman–Crippen LogP) is 1.77. The van der Waals surface area contributed by atoms with Crippen molar-refractivity contribution >= 4 is 5.97 Å². The lowest BCUT2D eigenvalue weighted by Gasteiger charge is -2.26. The summed E-state index contributed by atoms with van der Waals surface area (Å²) in [5.41, 5.74) is 0. The van der Waals surface area contributed by atoms with Gasteiger partial charge in [0.05, 0.1) is 13.2 Å². The average molecular weight is 358 g/mol. The van der Waals surface area contributed by atoms with Crippen LogP contribution in [0.2, 0.25) is 0 Å². The van der Waals surface area contributed by atoms with Crippen LogP contribution >= 0.6 is 0 Å². The molecule has 25 heavy (non-hydrogen) atoms. The molecule has 0 aliphatic carbocycles. The lowest BCUT2D eigenvalue weighted by Crippen LogP contribution is -2.44. The fourth-order valence-electron chi connectivity index (χ4n) is 2.80. The van der Waals surface area contributed by atoms with E-state index in [1.54, 1.807) is 33.8 Å². The van der Waals surface area contributed by atoms with Gasteiger partial charge in [0, 0.05) is 6.08 Å². The number of rotatable bonds is 6. The van der Waals surface area contributed by atoms with Gasteiger partial charge >= 0.3 is 5.97 Å². The lowest BCUT2D eigenvalue weighted by atomic mass is 10.0. The minimum absolute atomic E-state index is 0.264. The summed E-state index contributed by atoms with van der Waals surface area (Å²) in [6, 6.07) is 0. The summed E-state index contributed by atoms with van der Waals surface area (Å²) in [5.74, 6) is -1.80. The van der Waals surface area contributed by atoms with E-state index in [9.17, 15) is 9.90 Å². The summed E-state index contributed by atoms with van der Waals surface area (Å²) in [4.78, 5) is 11.8. The van der Waals surface area contributed by atoms with E-state index in [2.05, 4.69) is 0 Å². The van der Waals surface area contributed by atoms with Gasteiger partial charge in [0.1, 0.15) is 24.4 Å². The largest absolute Gasteiger partial charge is 0.462 e. The Bertz CT molecular complexity index is 498. The van der Waals surface area contributed by atoms with Crippen LogP contribution in [0.4, 0.5) is 0 Å². The van der Waals surface area contributed by atoms with Crippen molar-refractivity contribution in [1.29, 1.82) is 0 Å². The summed E-state index contributed by atoms with van der Waals surface area (Å²) in [5, 5.41) is 10.7. The summed E-state index contributed by atoms with van der Waals surface area (Å²) >= 11 is 0. The highest BCUT2D eigenvalue weighted by molar-refractivity contribution is 5.82. The van der Waals surface area contributed by atoms with Crippen LogP contribution in [0.1, 0.15) is 41.5 Å². The first kappa shape index (κ1) is 20.3. The van der Waals surface area contributed by atoms with Gasteiger partial charge in [-0.25, -0.2) is 4.79 Å². The summed E-state index contributed by atoms with van der Waals surface area (Å²) < 4.78 is 27.9. The van der Waals surface area contributed by atoms with Crippen LogP contribution in [0, 0.1) is 5.92 Å². The molecule has 0 saturated carbocycles. The van der Waals surface area contributed by atoms with Crippen molar-refractivity contribution in [2.45, 2.75) is 77.5 Å². The molecule has 0 spiro atoms. The number of carbonyl (C=O) groups excluding carboxylic acids is 1. The van der Waals surface area contributed by atoms with Gasteiger partial charge in [0.15, 0.2) is 11.6 Å². The van der Waals surface area contributed by atoms with Gasteiger partial charge in [0.25, 0.3) is 0 Å². The Morgan fingerprint density at radius 1 is 1.20 bits per heavy atom. The third kappa shape index (κ3) is 5.76. The zero-order valence-electron chi connectivity index (χ0n) is 15.9. The molecule has 144 valence electrons. The first-order chi connectivity index (χ1) is 11.5. The van der Waals surface area contributed by atoms with Crippen molar-refractivity contribution in [3.63, 3.8) is 0 Å². The highest BCUT2D eigenvalue weighted by Gasteiger charge is 2.49. The first-order valence-electron chi connectivity index (χ1n) is 8.69. The molecule has 1 N–H and O–H groups in total. The standard InChI is InChI=1S/C18H30O7/c1-11(2)9-21-14(19)8-7-12-16(25-18(5,6)23-12)15(20)13-10-22-17(3,4)24-13/h7-8,11-13,15-16,20H,9-10H2,1-6H3/b8-7+/t12-,13+,15-,16-/m1/s1. The van der Waals surface area contributed by atoms with E-state index in [0.717, 1.165) is 0 Å². The number of aliphatic hydroxyl groups is 1. The minimum Gasteiger partial charge on any atom is -0.462 e. The molecule has 0 radical (unpaired) electrons. The summed E-state index contributed by atoms with van der Waals surface area (Å²) in [7, 11) is 0. The molecular formula is C18H30O7. The molecule has 0 aromatic carbocycles. The van der Waals surface area contributed by atoms with Crippen molar-refractivity contribution in [3.05, 3.63) is 12.2 Å². The maximum absolute atomic E-state index is 11.8. The summed E-state index contributed by atoms with van der Waals surface area (Å²) in [6.45, 7) is 11.6.